The monoisotopic (exact) mass is 230 g/mol. The summed E-state index contributed by atoms with van der Waals surface area (Å²) in [4.78, 5) is 0. The van der Waals surface area contributed by atoms with E-state index in [0.29, 0.717) is 0 Å². The van der Waals surface area contributed by atoms with E-state index in [0.717, 1.165) is 38.8 Å². The van der Waals surface area contributed by atoms with Crippen LogP contribution in [-0.2, 0) is 0 Å². The van der Waals surface area contributed by atoms with Gasteiger partial charge in [-0.1, -0.05) is 25.7 Å². The molecule has 0 saturated heterocycles. The van der Waals surface area contributed by atoms with Crippen LogP contribution in [0.15, 0.2) is 0 Å². The molecular weight excluding hydrogens is 200 g/mol. The van der Waals surface area contributed by atoms with E-state index in [4.69, 9.17) is 22.9 Å². The second-order valence-corrected chi connectivity index (χ2v) is 4.60. The summed E-state index contributed by atoms with van der Waals surface area (Å²) in [7, 11) is 0. The van der Waals surface area contributed by atoms with E-state index in [-0.39, 0.29) is 12.1 Å². The summed E-state index contributed by atoms with van der Waals surface area (Å²) in [5.74, 6) is 0. The van der Waals surface area contributed by atoms with Crippen LogP contribution < -0.4 is 22.9 Å². The Bertz CT molecular complexity index is 125. The van der Waals surface area contributed by atoms with Gasteiger partial charge in [-0.3, -0.25) is 0 Å². The molecule has 0 aliphatic heterocycles. The standard InChI is InChI=1S/C6H14N2.C6H16N2/c7-5-3-1-2-4-6(5)8;7-5-3-1-2-4-6-8/h5-6H,1-4,7-8H2;1-8H2. The van der Waals surface area contributed by atoms with Crippen LogP contribution in [-0.4, -0.2) is 25.2 Å². The van der Waals surface area contributed by atoms with Crippen molar-refractivity contribution in [1.82, 2.24) is 0 Å². The highest BCUT2D eigenvalue weighted by Gasteiger charge is 2.16. The van der Waals surface area contributed by atoms with Gasteiger partial charge in [0.15, 0.2) is 0 Å². The van der Waals surface area contributed by atoms with Crippen molar-refractivity contribution < 1.29 is 0 Å². The number of hydrogen-bond acceptors (Lipinski definition) is 4. The maximum absolute atomic E-state index is 5.65. The van der Waals surface area contributed by atoms with E-state index in [1.54, 1.807) is 0 Å². The molecule has 0 aromatic carbocycles. The first-order chi connectivity index (χ1) is 7.72. The van der Waals surface area contributed by atoms with Crippen molar-refractivity contribution in [3.05, 3.63) is 0 Å². The highest BCUT2D eigenvalue weighted by Crippen LogP contribution is 2.14. The van der Waals surface area contributed by atoms with E-state index < -0.39 is 0 Å². The van der Waals surface area contributed by atoms with Crippen molar-refractivity contribution in [3.63, 3.8) is 0 Å². The van der Waals surface area contributed by atoms with E-state index in [1.165, 1.54) is 25.7 Å². The van der Waals surface area contributed by atoms with Crippen molar-refractivity contribution in [3.8, 4) is 0 Å². The van der Waals surface area contributed by atoms with Crippen LogP contribution >= 0.6 is 0 Å². The summed E-state index contributed by atoms with van der Waals surface area (Å²) in [6, 6.07) is 0.562. The molecule has 4 nitrogen and oxygen atoms in total. The van der Waals surface area contributed by atoms with Gasteiger partial charge in [-0.2, -0.15) is 0 Å². The Labute approximate surface area is 100 Å². The first-order valence-electron chi connectivity index (χ1n) is 6.63. The second kappa shape index (κ2) is 11.3. The summed E-state index contributed by atoms with van der Waals surface area (Å²) < 4.78 is 0. The molecule has 1 rings (SSSR count). The fourth-order valence-corrected chi connectivity index (χ4v) is 1.83. The molecule has 1 aliphatic rings. The Morgan fingerprint density at radius 3 is 1.31 bits per heavy atom. The average Bonchev–Trinajstić information content (AvgIpc) is 2.30. The zero-order valence-corrected chi connectivity index (χ0v) is 10.5. The summed E-state index contributed by atoms with van der Waals surface area (Å²) in [5, 5.41) is 0. The normalized spacial score (nSPS) is 24.8. The topological polar surface area (TPSA) is 104 Å². The molecule has 0 bridgehead atoms. The van der Waals surface area contributed by atoms with E-state index in [9.17, 15) is 0 Å². The Hall–Kier alpha value is -0.160. The molecule has 0 aromatic rings. The number of rotatable bonds is 5. The third-order valence-electron chi connectivity index (χ3n) is 3.03. The molecule has 2 unspecified atom stereocenters. The zero-order valence-electron chi connectivity index (χ0n) is 10.5. The molecule has 98 valence electrons. The third-order valence-corrected chi connectivity index (χ3v) is 3.03. The Balaban J connectivity index is 0.000000281. The molecule has 1 fully saturated rings. The Morgan fingerprint density at radius 2 is 1.06 bits per heavy atom. The lowest BCUT2D eigenvalue weighted by molar-refractivity contribution is 0.385. The first kappa shape index (κ1) is 15.8. The predicted octanol–water partition coefficient (Wildman–Crippen LogP) is 0.679. The van der Waals surface area contributed by atoms with Crippen LogP contribution in [0.3, 0.4) is 0 Å². The highest BCUT2D eigenvalue weighted by molar-refractivity contribution is 4.79. The highest BCUT2D eigenvalue weighted by atomic mass is 14.8. The summed E-state index contributed by atoms with van der Waals surface area (Å²) in [5.41, 5.74) is 21.9. The second-order valence-electron chi connectivity index (χ2n) is 4.60. The van der Waals surface area contributed by atoms with Gasteiger partial charge < -0.3 is 22.9 Å². The minimum Gasteiger partial charge on any atom is -0.330 e. The van der Waals surface area contributed by atoms with Gasteiger partial charge in [0, 0.05) is 12.1 Å². The fraction of sp³-hybridized carbons (Fsp3) is 1.00. The summed E-state index contributed by atoms with van der Waals surface area (Å²) >= 11 is 0. The fourth-order valence-electron chi connectivity index (χ4n) is 1.83. The molecule has 8 N–H and O–H groups in total. The van der Waals surface area contributed by atoms with Gasteiger partial charge in [0.1, 0.15) is 0 Å². The molecule has 0 radical (unpaired) electrons. The average molecular weight is 230 g/mol. The van der Waals surface area contributed by atoms with E-state index in [2.05, 4.69) is 0 Å². The molecule has 0 spiro atoms. The number of nitrogens with two attached hydrogens (primary N) is 4. The van der Waals surface area contributed by atoms with Crippen molar-refractivity contribution in [2.24, 2.45) is 22.9 Å². The van der Waals surface area contributed by atoms with Crippen LogP contribution in [0.4, 0.5) is 0 Å². The van der Waals surface area contributed by atoms with Gasteiger partial charge in [0.05, 0.1) is 0 Å². The maximum atomic E-state index is 5.65. The largest absolute Gasteiger partial charge is 0.330 e. The third kappa shape index (κ3) is 9.09. The summed E-state index contributed by atoms with van der Waals surface area (Å²) in [6.07, 6.45) is 9.59. The van der Waals surface area contributed by atoms with Gasteiger partial charge in [-0.15, -0.1) is 0 Å². The maximum Gasteiger partial charge on any atom is 0.0192 e. The smallest absolute Gasteiger partial charge is 0.0192 e. The molecule has 0 heterocycles. The van der Waals surface area contributed by atoms with Crippen molar-refractivity contribution in [2.75, 3.05) is 13.1 Å². The molecule has 0 aromatic heterocycles. The van der Waals surface area contributed by atoms with Gasteiger partial charge >= 0.3 is 0 Å². The zero-order chi connectivity index (χ0) is 12.2. The number of hydrogen-bond donors (Lipinski definition) is 4. The van der Waals surface area contributed by atoms with Crippen molar-refractivity contribution >= 4 is 0 Å². The Kier molecular flexibility index (Phi) is 11.2. The minimum atomic E-state index is 0.281. The van der Waals surface area contributed by atoms with Crippen molar-refractivity contribution in [1.29, 1.82) is 0 Å². The van der Waals surface area contributed by atoms with E-state index in [1.807, 2.05) is 0 Å². The lowest BCUT2D eigenvalue weighted by atomic mass is 9.92. The predicted molar refractivity (Wildman–Crippen MR) is 71.0 cm³/mol. The Morgan fingerprint density at radius 1 is 0.688 bits per heavy atom. The van der Waals surface area contributed by atoms with Gasteiger partial charge in [0.2, 0.25) is 0 Å². The lowest BCUT2D eigenvalue weighted by Gasteiger charge is -2.24. The van der Waals surface area contributed by atoms with E-state index >= 15 is 0 Å². The molecule has 4 heteroatoms. The van der Waals surface area contributed by atoms with Crippen LogP contribution in [0.1, 0.15) is 51.4 Å². The van der Waals surface area contributed by atoms with Gasteiger partial charge in [-0.05, 0) is 38.8 Å². The van der Waals surface area contributed by atoms with Gasteiger partial charge in [-0.25, -0.2) is 0 Å². The first-order valence-corrected chi connectivity index (χ1v) is 6.63. The van der Waals surface area contributed by atoms with Crippen LogP contribution in [0, 0.1) is 0 Å². The molecule has 1 saturated carbocycles. The van der Waals surface area contributed by atoms with Crippen molar-refractivity contribution in [2.45, 2.75) is 63.5 Å². The van der Waals surface area contributed by atoms with Crippen LogP contribution in [0.5, 0.6) is 0 Å². The quantitative estimate of drug-likeness (QED) is 0.521. The van der Waals surface area contributed by atoms with Crippen LogP contribution in [0.25, 0.3) is 0 Å². The molecule has 1 aliphatic carbocycles. The molecule has 0 amide bonds. The minimum absolute atomic E-state index is 0.281. The molecule has 16 heavy (non-hydrogen) atoms. The van der Waals surface area contributed by atoms with Gasteiger partial charge in [0.25, 0.3) is 0 Å². The molecule has 2 atom stereocenters. The lowest BCUT2D eigenvalue weighted by Crippen LogP contribution is -2.43. The van der Waals surface area contributed by atoms with Crippen LogP contribution in [0.2, 0.25) is 0 Å². The summed E-state index contributed by atoms with van der Waals surface area (Å²) in [6.45, 7) is 1.65. The number of unbranched alkanes of at least 4 members (excludes halogenated alkanes) is 3. The SMILES string of the molecule is NC1CCCCC1N.NCCCCCCN. The molecular formula is C12H30N4.